The van der Waals surface area contributed by atoms with Crippen molar-refractivity contribution in [1.82, 2.24) is 39.4 Å². The number of aromatic nitrogens is 7. The second-order valence-electron chi connectivity index (χ2n) is 10.3. The number of ether oxygens (including phenoxy) is 2. The van der Waals surface area contributed by atoms with Gasteiger partial charge in [-0.3, -0.25) is 4.68 Å². The maximum Gasteiger partial charge on any atom is 0.222 e. The van der Waals surface area contributed by atoms with Crippen LogP contribution in [0.1, 0.15) is 33.2 Å². The fourth-order valence-corrected chi connectivity index (χ4v) is 5.15. The minimum absolute atomic E-state index is 0.0384. The van der Waals surface area contributed by atoms with Gasteiger partial charge >= 0.3 is 0 Å². The van der Waals surface area contributed by atoms with E-state index in [0.717, 1.165) is 30.5 Å². The Morgan fingerprint density at radius 1 is 1.12 bits per heavy atom. The first-order chi connectivity index (χ1) is 20.4. The molecule has 0 saturated carbocycles. The molecule has 4 aromatic heterocycles. The van der Waals surface area contributed by atoms with E-state index in [9.17, 15) is 4.39 Å². The first-order valence-electron chi connectivity index (χ1n) is 14.2. The summed E-state index contributed by atoms with van der Waals surface area (Å²) in [6.45, 7) is 9.84. The van der Waals surface area contributed by atoms with Gasteiger partial charge in [0, 0.05) is 55.5 Å². The highest BCUT2D eigenvalue weighted by atomic mass is 19.1. The van der Waals surface area contributed by atoms with E-state index in [4.69, 9.17) is 14.6 Å². The zero-order valence-electron chi connectivity index (χ0n) is 24.2. The standard InChI is InChI=1S/C30H34FN9O2/c1-5-39(6-2)10-12-41-22-14-20(13-21(31)15-22)28-23-17-33-27-16-25(23)40(37-28)19(3)8-11-42-30-24(18-34-38(30)4)29-32-9-7-26(35-27)36-29/h7,9,13-19H,5-6,8,10-12H2,1-4H3,(H,32,33,35,36)/t19-/m0/s1. The highest BCUT2D eigenvalue weighted by Gasteiger charge is 2.21. The molecule has 218 valence electrons. The maximum atomic E-state index is 14.9. The predicted octanol–water partition coefficient (Wildman–Crippen LogP) is 5.24. The first kappa shape index (κ1) is 27.6. The minimum atomic E-state index is -0.384. The van der Waals surface area contributed by atoms with Crippen LogP contribution in [0.15, 0.2) is 48.9 Å². The third-order valence-electron chi connectivity index (χ3n) is 7.54. The molecule has 0 fully saturated rings. The summed E-state index contributed by atoms with van der Waals surface area (Å²) >= 11 is 0. The Kier molecular flexibility index (Phi) is 7.70. The summed E-state index contributed by atoms with van der Waals surface area (Å²) in [6.07, 6.45) is 5.81. The van der Waals surface area contributed by atoms with Crippen LogP contribution in [0.5, 0.6) is 11.6 Å². The smallest absolute Gasteiger partial charge is 0.222 e. The van der Waals surface area contributed by atoms with Gasteiger partial charge in [-0.05, 0) is 38.2 Å². The van der Waals surface area contributed by atoms with Crippen molar-refractivity contribution in [3.8, 4) is 34.3 Å². The predicted molar refractivity (Wildman–Crippen MR) is 159 cm³/mol. The van der Waals surface area contributed by atoms with Gasteiger partial charge in [0.05, 0.1) is 24.4 Å². The second-order valence-corrected chi connectivity index (χ2v) is 10.3. The van der Waals surface area contributed by atoms with Crippen molar-refractivity contribution < 1.29 is 13.9 Å². The highest BCUT2D eigenvalue weighted by molar-refractivity contribution is 5.94. The molecule has 12 heteroatoms. The van der Waals surface area contributed by atoms with Crippen LogP contribution in [0.3, 0.4) is 0 Å². The third kappa shape index (κ3) is 5.49. The van der Waals surface area contributed by atoms with Gasteiger partial charge < -0.3 is 19.7 Å². The third-order valence-corrected chi connectivity index (χ3v) is 7.54. The van der Waals surface area contributed by atoms with E-state index in [1.165, 1.54) is 12.1 Å². The van der Waals surface area contributed by atoms with E-state index in [2.05, 4.69) is 51.0 Å². The molecule has 5 aromatic rings. The Morgan fingerprint density at radius 2 is 1.98 bits per heavy atom. The van der Waals surface area contributed by atoms with Crippen molar-refractivity contribution in [2.45, 2.75) is 33.2 Å². The molecule has 0 unspecified atom stereocenters. The molecule has 11 nitrogen and oxygen atoms in total. The number of anilines is 2. The van der Waals surface area contributed by atoms with Gasteiger partial charge in [-0.2, -0.15) is 10.2 Å². The molecule has 1 atom stereocenters. The summed E-state index contributed by atoms with van der Waals surface area (Å²) < 4.78 is 30.6. The van der Waals surface area contributed by atoms with Gasteiger partial charge in [-0.25, -0.2) is 24.0 Å². The number of rotatable bonds is 7. The molecule has 0 amide bonds. The molecule has 4 bridgehead atoms. The summed E-state index contributed by atoms with van der Waals surface area (Å²) in [4.78, 5) is 16.0. The largest absolute Gasteiger partial charge is 0.492 e. The lowest BCUT2D eigenvalue weighted by molar-refractivity contribution is 0.222. The van der Waals surface area contributed by atoms with Crippen LogP contribution >= 0.6 is 0 Å². The lowest BCUT2D eigenvalue weighted by Crippen LogP contribution is -2.27. The summed E-state index contributed by atoms with van der Waals surface area (Å²) in [7, 11) is 1.83. The zero-order chi connectivity index (χ0) is 29.2. The molecule has 1 aliphatic rings. The number of pyridine rings is 1. The van der Waals surface area contributed by atoms with Crippen molar-refractivity contribution in [2.75, 3.05) is 38.2 Å². The fourth-order valence-electron chi connectivity index (χ4n) is 5.15. The molecule has 0 spiro atoms. The van der Waals surface area contributed by atoms with Gasteiger partial charge in [0.25, 0.3) is 0 Å². The Hall–Kier alpha value is -4.58. The van der Waals surface area contributed by atoms with Gasteiger partial charge in [-0.1, -0.05) is 13.8 Å². The fraction of sp³-hybridized carbons (Fsp3) is 0.367. The van der Waals surface area contributed by atoms with Crippen LogP contribution in [0.2, 0.25) is 0 Å². The van der Waals surface area contributed by atoms with E-state index in [-0.39, 0.29) is 11.9 Å². The summed E-state index contributed by atoms with van der Waals surface area (Å²) in [5.74, 6) is 2.36. The number of hydrogen-bond acceptors (Lipinski definition) is 9. The van der Waals surface area contributed by atoms with E-state index >= 15 is 0 Å². The number of benzene rings is 1. The van der Waals surface area contributed by atoms with Gasteiger partial charge in [-0.15, -0.1) is 0 Å². The van der Waals surface area contributed by atoms with Crippen LogP contribution in [-0.2, 0) is 7.05 Å². The topological polar surface area (TPSA) is 108 Å². The number of nitrogens with zero attached hydrogens (tertiary/aromatic N) is 8. The average Bonchev–Trinajstić information content (AvgIpc) is 3.55. The highest BCUT2D eigenvalue weighted by Crippen LogP contribution is 2.35. The van der Waals surface area contributed by atoms with Crippen molar-refractivity contribution in [3.63, 3.8) is 0 Å². The molecule has 42 heavy (non-hydrogen) atoms. The molecule has 6 rings (SSSR count). The summed E-state index contributed by atoms with van der Waals surface area (Å²) in [5.41, 5.74) is 2.82. The van der Waals surface area contributed by atoms with Crippen LogP contribution in [0.4, 0.5) is 16.0 Å². The van der Waals surface area contributed by atoms with Crippen LogP contribution < -0.4 is 14.8 Å². The number of nitrogens with one attached hydrogen (secondary N) is 1. The Bertz CT molecular complexity index is 1710. The number of hydrogen-bond donors (Lipinski definition) is 1. The molecule has 1 aliphatic heterocycles. The number of likely N-dealkylation sites (N-methyl/N-ethyl adjacent to an activating group) is 1. The minimum Gasteiger partial charge on any atom is -0.492 e. The molecule has 0 aliphatic carbocycles. The van der Waals surface area contributed by atoms with Crippen molar-refractivity contribution in [1.29, 1.82) is 0 Å². The molecular weight excluding hydrogens is 537 g/mol. The monoisotopic (exact) mass is 571 g/mol. The molecule has 0 radical (unpaired) electrons. The molecule has 1 N–H and O–H groups in total. The lowest BCUT2D eigenvalue weighted by Gasteiger charge is -2.18. The second kappa shape index (κ2) is 11.7. The van der Waals surface area contributed by atoms with Crippen LogP contribution in [0, 0.1) is 5.82 Å². The van der Waals surface area contributed by atoms with Gasteiger partial charge in [0.1, 0.15) is 41.1 Å². The number of fused-ring (bicyclic) bond motifs is 5. The van der Waals surface area contributed by atoms with Gasteiger partial charge in [0.2, 0.25) is 5.88 Å². The zero-order valence-corrected chi connectivity index (χ0v) is 24.2. The van der Waals surface area contributed by atoms with E-state index in [1.807, 2.05) is 23.9 Å². The van der Waals surface area contributed by atoms with E-state index in [1.54, 1.807) is 29.3 Å². The number of halogens is 1. The quantitative estimate of drug-likeness (QED) is 0.281. The van der Waals surface area contributed by atoms with Crippen LogP contribution in [-0.4, -0.2) is 72.3 Å². The normalized spacial score (nSPS) is 14.9. The maximum absolute atomic E-state index is 14.9. The summed E-state index contributed by atoms with van der Waals surface area (Å²) in [6, 6.07) is 8.41. The van der Waals surface area contributed by atoms with Gasteiger partial charge in [0.15, 0.2) is 5.82 Å². The average molecular weight is 572 g/mol. The summed E-state index contributed by atoms with van der Waals surface area (Å²) in [5, 5.41) is 13.4. The lowest BCUT2D eigenvalue weighted by atomic mass is 10.1. The molecule has 0 saturated heterocycles. The molecular formula is C30H34FN9O2. The molecule has 5 heterocycles. The van der Waals surface area contributed by atoms with Crippen molar-refractivity contribution in [3.05, 3.63) is 54.7 Å². The van der Waals surface area contributed by atoms with E-state index < -0.39 is 0 Å². The van der Waals surface area contributed by atoms with E-state index in [0.29, 0.717) is 65.5 Å². The number of aryl methyl sites for hydroxylation is 1. The Labute approximate surface area is 243 Å². The Morgan fingerprint density at radius 3 is 2.81 bits per heavy atom. The van der Waals surface area contributed by atoms with Crippen molar-refractivity contribution >= 4 is 22.5 Å². The Balaban J connectivity index is 1.38. The first-order valence-corrected chi connectivity index (χ1v) is 14.2. The van der Waals surface area contributed by atoms with Crippen LogP contribution in [0.25, 0.3) is 33.5 Å². The SMILES string of the molecule is CCN(CC)CCOc1cc(F)cc(-c2nn3c4cc(ncc24)Nc2ccnc(n2)-c2cnn(C)c2OCC[C@@H]3C)c1. The van der Waals surface area contributed by atoms with Crippen molar-refractivity contribution in [2.24, 2.45) is 7.05 Å². The molecule has 1 aromatic carbocycles.